The lowest BCUT2D eigenvalue weighted by molar-refractivity contribution is -0.0962. The van der Waals surface area contributed by atoms with Crippen molar-refractivity contribution in [2.24, 2.45) is 0 Å². The average molecular weight is 1580 g/mol. The number of hydrogen-bond donors (Lipinski definition) is 0. The van der Waals surface area contributed by atoms with E-state index in [1.54, 1.807) is 105 Å². The average Bonchev–Trinajstić information content (AvgIpc) is 1.48. The van der Waals surface area contributed by atoms with Gasteiger partial charge < -0.3 is 45.8 Å². The molecule has 0 N–H and O–H groups in total. The van der Waals surface area contributed by atoms with Crippen LogP contribution in [0.25, 0.3) is 0 Å². The molecule has 2 aliphatic rings. The number of ether oxygens (including phenoxy) is 7. The third kappa shape index (κ3) is 18.6. The van der Waals surface area contributed by atoms with E-state index in [0.717, 1.165) is 33.7 Å². The number of esters is 2. The summed E-state index contributed by atoms with van der Waals surface area (Å²) in [6, 6.07) is 55.9. The molecule has 32 heteroatoms. The van der Waals surface area contributed by atoms with Crippen LogP contribution in [0.5, 0.6) is 11.5 Å². The van der Waals surface area contributed by atoms with Crippen molar-refractivity contribution in [3.8, 4) is 11.5 Å². The Balaban J connectivity index is 1.10. The van der Waals surface area contributed by atoms with Crippen LogP contribution in [-0.2, 0) is 71.9 Å². The number of phosphoric acid groups is 1. The molecule has 7 aromatic carbocycles. The number of benzene rings is 7. The molecule has 9 aromatic rings. The summed E-state index contributed by atoms with van der Waals surface area (Å²) >= 11 is 6.47. The lowest BCUT2D eigenvalue weighted by Crippen LogP contribution is -2.47. The molecule has 4 heterocycles. The predicted molar refractivity (Wildman–Crippen MR) is 411 cm³/mol. The number of methoxy groups -OCH3 is 2. The quantitative estimate of drug-likeness (QED) is 0.0182. The second-order valence-electron chi connectivity index (χ2n) is 28.1. The zero-order valence-electron chi connectivity index (χ0n) is 61.0. The first kappa shape index (κ1) is 80.0. The van der Waals surface area contributed by atoms with E-state index in [1.165, 1.54) is 74.9 Å². The van der Waals surface area contributed by atoms with Crippen molar-refractivity contribution in [1.82, 2.24) is 18.3 Å². The maximum Gasteiger partial charge on any atom is 0.465 e. The van der Waals surface area contributed by atoms with E-state index in [1.807, 2.05) is 93.9 Å². The lowest BCUT2D eigenvalue weighted by Gasteiger charge is -2.38. The van der Waals surface area contributed by atoms with Gasteiger partial charge in [-0.05, 0) is 160 Å². The summed E-state index contributed by atoms with van der Waals surface area (Å²) in [5.41, 5.74) is -4.55. The summed E-state index contributed by atoms with van der Waals surface area (Å²) in [7, 11) is -11.5. The van der Waals surface area contributed by atoms with Crippen molar-refractivity contribution in [3.63, 3.8) is 0 Å². The second-order valence-corrected chi connectivity index (χ2v) is 46.7. The van der Waals surface area contributed by atoms with Gasteiger partial charge in [0.1, 0.15) is 41.5 Å². The monoisotopic (exact) mass is 1580 g/mol. The number of hydrogen-bond acceptors (Lipinski definition) is 23. The maximum absolute atomic E-state index is 17.0. The number of carbonyl (C=O) groups excluding carboxylic acids is 4. The topological polar surface area (TPSA) is 293 Å². The van der Waals surface area contributed by atoms with Gasteiger partial charge >= 0.3 is 37.9 Å². The van der Waals surface area contributed by atoms with Crippen LogP contribution in [0.4, 0.5) is 0 Å². The Bertz CT molecular complexity index is 4980. The van der Waals surface area contributed by atoms with Gasteiger partial charge in [0.25, 0.3) is 22.9 Å². The van der Waals surface area contributed by atoms with Gasteiger partial charge in [-0.2, -0.15) is 9.13 Å². The van der Waals surface area contributed by atoms with Gasteiger partial charge in [0.05, 0.1) is 38.6 Å². The van der Waals surface area contributed by atoms with Crippen molar-refractivity contribution < 1.29 is 83.1 Å². The van der Waals surface area contributed by atoms with Crippen LogP contribution in [0.15, 0.2) is 244 Å². The lowest BCUT2D eigenvalue weighted by atomic mass is 9.80. The highest BCUT2D eigenvalue weighted by atomic mass is 32.5. The molecule has 2 aromatic heterocycles. The molecule has 0 radical (unpaired) electrons. The highest BCUT2D eigenvalue weighted by molar-refractivity contribution is 8.08. The molecule has 2 saturated heterocycles. The van der Waals surface area contributed by atoms with E-state index in [2.05, 4.69) is 0 Å². The summed E-state index contributed by atoms with van der Waals surface area (Å²) in [6.07, 6.45) is -12.5. The van der Waals surface area contributed by atoms with Gasteiger partial charge in [-0.1, -0.05) is 127 Å². The standard InChI is InChI=1S/C76H82N4O22P2SSi3/c1-90-58-41-37-56(38-42-58)76(55-35-25-16-26-36-55,57-39-43-59(91-2)44-40-57)92-49-60-65(67(99-104(105,101-107(6,7)8)102-108(9,10)11)71(94-60)78-48-46-63(82)80(75(78)88)69(84)52-29-19-13-20-30-52)98-103(89,100-106(3,4)5)93-50-61-64(96-72(85)53-31-21-14-22-32-53)66(97-73(86)54-33-23-15-24-34-54)70(95-61)77-47-45-62(81)79(74(77)87)68(83)51-27-17-12-18-28-51/h12-48,60-61,64-67,70-71H,49-50H2,1-11H3/t60-,61-,64-,65-,66-,67-,70-,71-,103?/m1/s1. The van der Waals surface area contributed by atoms with Crippen molar-refractivity contribution in [2.45, 2.75) is 114 Å². The van der Waals surface area contributed by atoms with E-state index in [0.29, 0.717) is 37.3 Å². The fraction of sp³-hybridized carbons (Fsp3) is 0.289. The van der Waals surface area contributed by atoms with Crippen LogP contribution in [0.1, 0.15) is 70.6 Å². The fourth-order valence-corrected chi connectivity index (χ4v) is 27.3. The Hall–Kier alpha value is -9.05. The minimum atomic E-state index is -5.45. The van der Waals surface area contributed by atoms with E-state index in [-0.39, 0.29) is 22.3 Å². The van der Waals surface area contributed by atoms with Crippen molar-refractivity contribution in [3.05, 3.63) is 305 Å². The molecular weight excluding hydrogens is 1500 g/mol. The Kier molecular flexibility index (Phi) is 24.8. The van der Waals surface area contributed by atoms with Crippen LogP contribution >= 0.6 is 14.5 Å². The highest BCUT2D eigenvalue weighted by Crippen LogP contribution is 2.61. The maximum atomic E-state index is 17.0. The number of carbonyl (C=O) groups is 4. The van der Waals surface area contributed by atoms with Gasteiger partial charge in [0.15, 0.2) is 49.6 Å². The summed E-state index contributed by atoms with van der Waals surface area (Å²) in [5, 5.41) is 0. The number of rotatable bonds is 29. The molecule has 0 amide bonds. The molecule has 0 aliphatic carbocycles. The molecule has 2 aliphatic heterocycles. The first-order chi connectivity index (χ1) is 51.3. The number of aromatic nitrogens is 4. The first-order valence-corrected chi connectivity index (χ1v) is 48.6. The molecule has 11 rings (SSSR count). The van der Waals surface area contributed by atoms with Crippen molar-refractivity contribution in [1.29, 1.82) is 0 Å². The van der Waals surface area contributed by atoms with Crippen LogP contribution < -0.4 is 32.0 Å². The fourth-order valence-electron chi connectivity index (χ4n) is 12.2. The molecule has 9 atom stereocenters. The third-order valence-corrected chi connectivity index (χ3v) is 29.1. The van der Waals surface area contributed by atoms with Crippen LogP contribution in [0.3, 0.4) is 0 Å². The zero-order valence-corrected chi connectivity index (χ0v) is 66.6. The highest BCUT2D eigenvalue weighted by Gasteiger charge is 2.58. The van der Waals surface area contributed by atoms with Gasteiger partial charge in [0.2, 0.25) is 0 Å². The minimum absolute atomic E-state index is 0.00313. The molecule has 566 valence electrons. The molecule has 0 bridgehead atoms. The van der Waals surface area contributed by atoms with E-state index in [4.69, 9.17) is 71.2 Å². The minimum Gasteiger partial charge on any atom is -0.497 e. The van der Waals surface area contributed by atoms with Crippen LogP contribution in [0.2, 0.25) is 58.9 Å². The SMILES string of the molecule is COc1ccc(C(OC[C@H]2O[C@@H](n3ccc(=O)n(C(=O)c4ccccc4)c3=O)[C@H](OP(=S)(O[Si](C)(C)C)O[Si](C)(C)C)[C@@H]2OP(=O)(OC[C@H]2O[C@@H](n3ccc(=O)n(C(=O)c4ccccc4)c3=O)[C@H](OC(=O)c3ccccc3)[C@@H]2OC(=O)c2ccccc2)O[Si](C)(C)C)(c2ccccc2)c2ccc(OC)cc2)cc1. The molecule has 0 spiro atoms. The molecule has 26 nitrogen and oxygen atoms in total. The molecular formula is C76H82N4O22P2SSi3. The Labute approximate surface area is 630 Å². The predicted octanol–water partition coefficient (Wildman–Crippen LogP) is 12.4. The Morgan fingerprint density at radius 2 is 0.796 bits per heavy atom. The second kappa shape index (κ2) is 33.4. The number of nitrogens with zero attached hydrogens (tertiary/aromatic N) is 4. The smallest absolute Gasteiger partial charge is 0.465 e. The molecule has 1 unspecified atom stereocenters. The Morgan fingerprint density at radius 1 is 0.435 bits per heavy atom. The molecule has 0 saturated carbocycles. The normalized spacial score (nSPS) is 19.6. The van der Waals surface area contributed by atoms with Crippen LogP contribution in [0, 0.1) is 0 Å². The summed E-state index contributed by atoms with van der Waals surface area (Å²) in [5.74, 6) is -3.01. The molecule has 2 fully saturated rings. The summed E-state index contributed by atoms with van der Waals surface area (Å²) in [4.78, 5) is 116. The third-order valence-electron chi connectivity index (χ3n) is 16.8. The number of phosphoric ester groups is 1. The Morgan fingerprint density at radius 3 is 1.19 bits per heavy atom. The summed E-state index contributed by atoms with van der Waals surface area (Å²) < 4.78 is 106. The zero-order chi connectivity index (χ0) is 77.5. The first-order valence-electron chi connectivity index (χ1n) is 34.3. The van der Waals surface area contributed by atoms with Gasteiger partial charge in [-0.15, -0.1) is 0 Å². The summed E-state index contributed by atoms with van der Waals surface area (Å²) in [6.45, 7) is 10.3. The molecule has 108 heavy (non-hydrogen) atoms. The van der Waals surface area contributed by atoms with E-state index >= 15 is 9.36 Å². The van der Waals surface area contributed by atoms with Crippen molar-refractivity contribution in [2.75, 3.05) is 27.4 Å². The van der Waals surface area contributed by atoms with Crippen molar-refractivity contribution >= 4 is 75.1 Å². The van der Waals surface area contributed by atoms with Gasteiger partial charge in [-0.25, -0.2) is 23.7 Å². The van der Waals surface area contributed by atoms with Crippen LogP contribution in [-0.4, -0.2) is 131 Å². The largest absolute Gasteiger partial charge is 0.497 e. The van der Waals surface area contributed by atoms with Gasteiger partial charge in [0, 0.05) is 35.7 Å². The van der Waals surface area contributed by atoms with E-state index in [9.17, 15) is 33.6 Å². The van der Waals surface area contributed by atoms with E-state index < -0.39 is 154 Å². The van der Waals surface area contributed by atoms with Gasteiger partial charge in [-0.3, -0.25) is 41.9 Å².